The van der Waals surface area contributed by atoms with Crippen LogP contribution in [0.5, 0.6) is 0 Å². The van der Waals surface area contributed by atoms with E-state index in [0.29, 0.717) is 27.8 Å². The number of fused-ring (bicyclic) bond motifs is 1. The number of aromatic nitrogens is 3. The highest BCUT2D eigenvalue weighted by molar-refractivity contribution is 8.01. The maximum Gasteiger partial charge on any atom is 0.352 e. The first-order chi connectivity index (χ1) is 17.5. The third-order valence-corrected chi connectivity index (χ3v) is 9.21. The molecule has 0 bridgehead atoms. The van der Waals surface area contributed by atoms with Gasteiger partial charge in [-0.15, -0.1) is 23.1 Å². The van der Waals surface area contributed by atoms with Crippen molar-refractivity contribution in [3.63, 3.8) is 0 Å². The number of β-lactam (4-membered cyclic amide) rings is 1. The van der Waals surface area contributed by atoms with Crippen molar-refractivity contribution in [2.45, 2.75) is 34.7 Å². The van der Waals surface area contributed by atoms with Crippen LogP contribution in [0.15, 0.2) is 32.5 Å². The van der Waals surface area contributed by atoms with Crippen LogP contribution in [0.3, 0.4) is 0 Å². The molecule has 1 saturated heterocycles. The molecule has 3 aliphatic rings. The molecular formula is C19H17N7O6S4. The van der Waals surface area contributed by atoms with Crippen LogP contribution in [-0.4, -0.2) is 83.3 Å². The molecule has 1 aliphatic carbocycles. The second-order valence-electron chi connectivity index (χ2n) is 7.66. The van der Waals surface area contributed by atoms with E-state index in [9.17, 15) is 24.3 Å². The van der Waals surface area contributed by atoms with E-state index >= 15 is 0 Å². The van der Waals surface area contributed by atoms with Crippen LogP contribution >= 0.6 is 46.4 Å². The molecule has 2 atom stereocenters. The van der Waals surface area contributed by atoms with Gasteiger partial charge in [-0.2, -0.15) is 4.37 Å². The van der Waals surface area contributed by atoms with Gasteiger partial charge in [0.15, 0.2) is 15.2 Å². The number of hydrogen-bond donors (Lipinski definition) is 3. The van der Waals surface area contributed by atoms with Crippen molar-refractivity contribution in [1.82, 2.24) is 24.6 Å². The molecule has 4 heterocycles. The number of rotatable bonds is 11. The Morgan fingerprint density at radius 3 is 2.92 bits per heavy atom. The lowest BCUT2D eigenvalue weighted by molar-refractivity contribution is -0.150. The zero-order chi connectivity index (χ0) is 25.2. The second kappa shape index (κ2) is 10.5. The fourth-order valence-electron chi connectivity index (χ4n) is 3.38. The Balaban J connectivity index is 1.30. The van der Waals surface area contributed by atoms with Crippen LogP contribution in [-0.2, 0) is 24.0 Å². The number of thiazole rings is 1. The van der Waals surface area contributed by atoms with Gasteiger partial charge in [-0.3, -0.25) is 19.3 Å². The highest BCUT2D eigenvalue weighted by atomic mass is 32.2. The molecule has 2 aliphatic heterocycles. The van der Waals surface area contributed by atoms with E-state index in [1.807, 2.05) is 0 Å². The molecule has 2 fully saturated rings. The van der Waals surface area contributed by atoms with Gasteiger partial charge < -0.3 is 20.6 Å². The number of anilines is 1. The first kappa shape index (κ1) is 24.7. The largest absolute Gasteiger partial charge is 0.477 e. The lowest BCUT2D eigenvalue weighted by Gasteiger charge is -2.49. The third-order valence-electron chi connectivity index (χ3n) is 5.21. The van der Waals surface area contributed by atoms with Gasteiger partial charge in [-0.25, -0.2) is 14.8 Å². The van der Waals surface area contributed by atoms with Crippen molar-refractivity contribution in [2.75, 3.05) is 16.8 Å². The van der Waals surface area contributed by atoms with Crippen LogP contribution in [0.25, 0.3) is 0 Å². The van der Waals surface area contributed by atoms with Crippen molar-refractivity contribution >= 4 is 81.4 Å². The van der Waals surface area contributed by atoms with Gasteiger partial charge in [0.2, 0.25) is 6.41 Å². The van der Waals surface area contributed by atoms with Crippen LogP contribution in [0, 0.1) is 0 Å². The predicted octanol–water partition coefficient (Wildman–Crippen LogP) is 0.977. The minimum Gasteiger partial charge on any atom is -0.477 e. The van der Waals surface area contributed by atoms with E-state index in [1.165, 1.54) is 51.7 Å². The monoisotopic (exact) mass is 567 g/mol. The zero-order valence-corrected chi connectivity index (χ0v) is 21.4. The number of carboxylic acids is 1. The Morgan fingerprint density at radius 2 is 2.22 bits per heavy atom. The molecule has 13 nitrogen and oxygen atoms in total. The number of thioether (sulfide) groups is 2. The number of carbonyl (C=O) groups excluding carboxylic acids is 3. The molecule has 3 amide bonds. The summed E-state index contributed by atoms with van der Waals surface area (Å²) in [5, 5.41) is 20.1. The van der Waals surface area contributed by atoms with Gasteiger partial charge >= 0.3 is 5.97 Å². The van der Waals surface area contributed by atoms with Crippen LogP contribution < -0.4 is 10.6 Å². The van der Waals surface area contributed by atoms with E-state index in [-0.39, 0.29) is 28.3 Å². The summed E-state index contributed by atoms with van der Waals surface area (Å²) < 4.78 is 4.63. The van der Waals surface area contributed by atoms with E-state index in [4.69, 9.17) is 4.84 Å². The summed E-state index contributed by atoms with van der Waals surface area (Å²) in [6.07, 6.45) is 3.47. The van der Waals surface area contributed by atoms with E-state index < -0.39 is 29.2 Å². The molecule has 0 radical (unpaired) electrons. The first-order valence-electron chi connectivity index (χ1n) is 10.5. The smallest absolute Gasteiger partial charge is 0.352 e. The first-order valence-corrected chi connectivity index (χ1v) is 14.1. The van der Waals surface area contributed by atoms with Crippen LogP contribution in [0.1, 0.15) is 18.5 Å². The standard InChI is InChI=1S/C19H17N7O6S4/c27-7-21-18-23-10(5-34-18)11(25-32-9-1-2-9)14(28)24-12-15(29)26-13(17(30)31)8(3-33-16(12)26)4-35-19-20-6-22-36-19/h5-7,9,12,16H,1-4H2,(H,24,28)(H,30,31)(H,21,23,27)/t12-,16+/m1/s1. The minimum absolute atomic E-state index is 0.0682. The molecule has 2 aromatic heterocycles. The summed E-state index contributed by atoms with van der Waals surface area (Å²) in [5.41, 5.74) is 0.581. The number of hydrogen-bond acceptors (Lipinski definition) is 13. The van der Waals surface area contributed by atoms with Crippen molar-refractivity contribution in [3.05, 3.63) is 28.7 Å². The quantitative estimate of drug-likeness (QED) is 0.116. The number of oxime groups is 1. The van der Waals surface area contributed by atoms with Gasteiger partial charge in [0.25, 0.3) is 11.8 Å². The average molecular weight is 568 g/mol. The summed E-state index contributed by atoms with van der Waals surface area (Å²) in [6.45, 7) is 0. The maximum atomic E-state index is 13.1. The molecule has 0 aromatic carbocycles. The van der Waals surface area contributed by atoms with E-state index in [1.54, 1.807) is 0 Å². The van der Waals surface area contributed by atoms with E-state index in [2.05, 4.69) is 30.1 Å². The van der Waals surface area contributed by atoms with Gasteiger partial charge in [-0.1, -0.05) is 16.9 Å². The van der Waals surface area contributed by atoms with Gasteiger partial charge in [0, 0.05) is 16.9 Å². The fourth-order valence-corrected chi connectivity index (χ4v) is 6.97. The topological polar surface area (TPSA) is 176 Å². The molecule has 3 N–H and O–H groups in total. The van der Waals surface area contributed by atoms with Gasteiger partial charge in [-0.05, 0) is 29.9 Å². The third kappa shape index (κ3) is 5.09. The summed E-state index contributed by atoms with van der Waals surface area (Å²) in [7, 11) is 0. The summed E-state index contributed by atoms with van der Waals surface area (Å²) in [5.74, 6) is -1.68. The highest BCUT2D eigenvalue weighted by Gasteiger charge is 2.54. The van der Waals surface area contributed by atoms with Gasteiger partial charge in [0.1, 0.15) is 35.2 Å². The summed E-state index contributed by atoms with van der Waals surface area (Å²) in [4.78, 5) is 63.6. The summed E-state index contributed by atoms with van der Waals surface area (Å²) >= 11 is 5.04. The number of amides is 3. The fraction of sp³-hybridized carbons (Fsp3) is 0.368. The van der Waals surface area contributed by atoms with E-state index in [0.717, 1.165) is 24.2 Å². The predicted molar refractivity (Wildman–Crippen MR) is 133 cm³/mol. The number of carbonyl (C=O) groups is 4. The van der Waals surface area contributed by atoms with Crippen molar-refractivity contribution < 1.29 is 29.1 Å². The Bertz CT molecular complexity index is 1260. The van der Waals surface area contributed by atoms with Crippen LogP contribution in [0.2, 0.25) is 0 Å². The average Bonchev–Trinajstić information content (AvgIpc) is 3.33. The lowest BCUT2D eigenvalue weighted by atomic mass is 10.0. The highest BCUT2D eigenvalue weighted by Crippen LogP contribution is 2.41. The van der Waals surface area contributed by atoms with Crippen molar-refractivity contribution in [3.8, 4) is 0 Å². The Kier molecular flexibility index (Phi) is 7.22. The molecule has 1 saturated carbocycles. The normalized spacial score (nSPS) is 21.5. The molecule has 188 valence electrons. The lowest BCUT2D eigenvalue weighted by Crippen LogP contribution is -2.71. The summed E-state index contributed by atoms with van der Waals surface area (Å²) in [6, 6.07) is -0.938. The van der Waals surface area contributed by atoms with Gasteiger partial charge in [0.05, 0.1) is 0 Å². The zero-order valence-electron chi connectivity index (χ0n) is 18.2. The number of aliphatic carboxylic acids is 1. The maximum absolute atomic E-state index is 13.1. The molecule has 2 aromatic rings. The number of carboxylic acid groups (broad SMARTS) is 1. The van der Waals surface area contributed by atoms with Crippen molar-refractivity contribution in [1.29, 1.82) is 0 Å². The SMILES string of the molecule is O=CNc1nc(C(=NOC2CC2)C(=O)N[C@@H]2C(=O)N3C(C(=O)O)=C(CSc4ncns4)CS[C@@H]23)cs1. The van der Waals surface area contributed by atoms with Crippen molar-refractivity contribution in [2.24, 2.45) is 5.16 Å². The number of nitrogens with one attached hydrogen (secondary N) is 2. The molecular weight excluding hydrogens is 551 g/mol. The van der Waals surface area contributed by atoms with Crippen LogP contribution in [0.4, 0.5) is 5.13 Å². The second-order valence-corrected chi connectivity index (χ2v) is 11.6. The molecule has 0 spiro atoms. The molecule has 17 heteroatoms. The number of nitrogens with zero attached hydrogens (tertiary/aromatic N) is 5. The Morgan fingerprint density at radius 1 is 1.39 bits per heavy atom. The Hall–Kier alpha value is -3.02. The Labute approximate surface area is 219 Å². The molecule has 0 unspecified atom stereocenters. The molecule has 5 rings (SSSR count). The molecule has 36 heavy (non-hydrogen) atoms. The minimum atomic E-state index is -1.20.